The van der Waals surface area contributed by atoms with Crippen LogP contribution in [0.5, 0.6) is 0 Å². The second-order valence-electron chi connectivity index (χ2n) is 7.45. The number of carbonyl (C=O) groups is 1. The van der Waals surface area contributed by atoms with Crippen LogP contribution < -0.4 is 0 Å². The fourth-order valence-electron chi connectivity index (χ4n) is 3.33. The van der Waals surface area contributed by atoms with Crippen molar-refractivity contribution in [2.24, 2.45) is 5.41 Å². The molecule has 138 valence electrons. The molecule has 0 saturated carbocycles. The highest BCUT2D eigenvalue weighted by atomic mass is 19.1. The van der Waals surface area contributed by atoms with E-state index in [1.165, 1.54) is 37.0 Å². The van der Waals surface area contributed by atoms with Crippen LogP contribution in [0.3, 0.4) is 0 Å². The van der Waals surface area contributed by atoms with Crippen molar-refractivity contribution in [3.05, 3.63) is 58.0 Å². The van der Waals surface area contributed by atoms with Crippen LogP contribution in [0.1, 0.15) is 67.2 Å². The van der Waals surface area contributed by atoms with Crippen LogP contribution in [0, 0.1) is 5.41 Å². The first kappa shape index (κ1) is 21.1. The smallest absolute Gasteiger partial charge is 0.331 e. The molecule has 0 aromatic rings. The summed E-state index contributed by atoms with van der Waals surface area (Å²) in [5, 5.41) is 9.09. The molecule has 0 radical (unpaired) electrons. The average Bonchev–Trinajstić information content (AvgIpc) is 2.51. The Morgan fingerprint density at radius 3 is 2.44 bits per heavy atom. The van der Waals surface area contributed by atoms with E-state index in [0.29, 0.717) is 6.42 Å². The summed E-state index contributed by atoms with van der Waals surface area (Å²) in [6.07, 6.45) is 11.0. The van der Waals surface area contributed by atoms with Crippen molar-refractivity contribution in [3.8, 4) is 0 Å². The zero-order chi connectivity index (χ0) is 19.2. The average molecular weight is 346 g/mol. The Morgan fingerprint density at radius 2 is 1.92 bits per heavy atom. The van der Waals surface area contributed by atoms with E-state index in [-0.39, 0.29) is 16.6 Å². The molecule has 0 aromatic carbocycles. The predicted octanol–water partition coefficient (Wildman–Crippen LogP) is 6.68. The molecule has 0 atom stereocenters. The molecule has 0 bridgehead atoms. The standard InChI is InChI=1S/C22H31FO2/c1-7-18(21(24)25)17(4)20(23)13-11-15(2)10-12-19-16(3)9-8-14-22(19,5)6/h10-13H,7-9,14H2,1-6H3,(H,24,25). The Bertz CT molecular complexity index is 670. The maximum Gasteiger partial charge on any atom is 0.331 e. The van der Waals surface area contributed by atoms with Crippen LogP contribution in [0.4, 0.5) is 4.39 Å². The number of aliphatic carboxylic acids is 1. The normalized spacial score (nSPS) is 20.1. The molecule has 3 heteroatoms. The Labute approximate surface area is 151 Å². The van der Waals surface area contributed by atoms with Crippen molar-refractivity contribution in [2.45, 2.75) is 67.2 Å². The molecule has 1 rings (SSSR count). The molecule has 25 heavy (non-hydrogen) atoms. The highest BCUT2D eigenvalue weighted by molar-refractivity contribution is 5.88. The third kappa shape index (κ3) is 5.84. The second kappa shape index (κ2) is 8.98. The number of rotatable bonds is 6. The summed E-state index contributed by atoms with van der Waals surface area (Å²) < 4.78 is 14.2. The third-order valence-corrected chi connectivity index (χ3v) is 4.97. The molecule has 1 aliphatic rings. The molecular formula is C22H31FO2. The molecule has 0 saturated heterocycles. The van der Waals surface area contributed by atoms with Gasteiger partial charge in [0.2, 0.25) is 0 Å². The largest absolute Gasteiger partial charge is 0.478 e. The van der Waals surface area contributed by atoms with E-state index in [9.17, 15) is 9.18 Å². The highest BCUT2D eigenvalue weighted by Crippen LogP contribution is 2.40. The van der Waals surface area contributed by atoms with Gasteiger partial charge in [-0.25, -0.2) is 9.18 Å². The fraction of sp³-hybridized carbons (Fsp3) is 0.500. The number of carboxylic acid groups (broad SMARTS) is 1. The molecule has 1 N–H and O–H groups in total. The van der Waals surface area contributed by atoms with Gasteiger partial charge in [-0.1, -0.05) is 50.1 Å². The first-order valence-corrected chi connectivity index (χ1v) is 8.96. The summed E-state index contributed by atoms with van der Waals surface area (Å²) in [4.78, 5) is 11.1. The summed E-state index contributed by atoms with van der Waals surface area (Å²) in [5.74, 6) is -1.56. The van der Waals surface area contributed by atoms with Crippen LogP contribution in [0.2, 0.25) is 0 Å². The minimum atomic E-state index is -1.06. The molecule has 0 fully saturated rings. The van der Waals surface area contributed by atoms with Gasteiger partial charge in [0, 0.05) is 5.57 Å². The number of carboxylic acids is 1. The van der Waals surface area contributed by atoms with Crippen LogP contribution in [0.25, 0.3) is 0 Å². The summed E-state index contributed by atoms with van der Waals surface area (Å²) >= 11 is 0. The maximum atomic E-state index is 14.2. The SMILES string of the molecule is CCC(C(=O)O)=C(C)C(F)=CC=C(C)C=CC1=C(C)CCCC1(C)C. The summed E-state index contributed by atoms with van der Waals surface area (Å²) in [5.41, 5.74) is 4.20. The Morgan fingerprint density at radius 1 is 1.28 bits per heavy atom. The lowest BCUT2D eigenvalue weighted by Gasteiger charge is -2.32. The number of allylic oxidation sites excluding steroid dienone is 9. The van der Waals surface area contributed by atoms with E-state index in [1.807, 2.05) is 13.0 Å². The fourth-order valence-corrected chi connectivity index (χ4v) is 3.33. The maximum absolute atomic E-state index is 14.2. The third-order valence-electron chi connectivity index (χ3n) is 4.97. The lowest BCUT2D eigenvalue weighted by Crippen LogP contribution is -2.19. The molecule has 0 aliphatic heterocycles. The van der Waals surface area contributed by atoms with Crippen molar-refractivity contribution in [2.75, 3.05) is 0 Å². The van der Waals surface area contributed by atoms with E-state index in [0.717, 1.165) is 12.0 Å². The Hall–Kier alpha value is -1.90. The van der Waals surface area contributed by atoms with Crippen LogP contribution >= 0.6 is 0 Å². The quantitative estimate of drug-likeness (QED) is 0.430. The summed E-state index contributed by atoms with van der Waals surface area (Å²) in [6, 6.07) is 0. The molecule has 0 aromatic heterocycles. The van der Waals surface area contributed by atoms with Gasteiger partial charge in [-0.2, -0.15) is 0 Å². The zero-order valence-electron chi connectivity index (χ0n) is 16.4. The second-order valence-corrected chi connectivity index (χ2v) is 7.45. The van der Waals surface area contributed by atoms with Gasteiger partial charge in [0.15, 0.2) is 0 Å². The van der Waals surface area contributed by atoms with Crippen LogP contribution in [-0.2, 0) is 4.79 Å². The van der Waals surface area contributed by atoms with Gasteiger partial charge in [-0.15, -0.1) is 0 Å². The molecule has 2 nitrogen and oxygen atoms in total. The molecule has 0 heterocycles. The molecule has 0 spiro atoms. The van der Waals surface area contributed by atoms with Gasteiger partial charge < -0.3 is 5.11 Å². The minimum absolute atomic E-state index is 0.111. The van der Waals surface area contributed by atoms with Gasteiger partial charge in [0.1, 0.15) is 5.83 Å². The number of hydrogen-bond acceptors (Lipinski definition) is 1. The molecule has 0 amide bonds. The molecule has 0 unspecified atom stereocenters. The van der Waals surface area contributed by atoms with Crippen LogP contribution in [-0.4, -0.2) is 11.1 Å². The van der Waals surface area contributed by atoms with Gasteiger partial charge in [0.25, 0.3) is 0 Å². The monoisotopic (exact) mass is 346 g/mol. The summed E-state index contributed by atoms with van der Waals surface area (Å²) in [7, 11) is 0. The van der Waals surface area contributed by atoms with Gasteiger partial charge in [0.05, 0.1) is 0 Å². The van der Waals surface area contributed by atoms with Crippen molar-refractivity contribution in [1.82, 2.24) is 0 Å². The van der Waals surface area contributed by atoms with Gasteiger partial charge in [-0.3, -0.25) is 0 Å². The number of halogens is 1. The molecular weight excluding hydrogens is 315 g/mol. The number of hydrogen-bond donors (Lipinski definition) is 1. The van der Waals surface area contributed by atoms with Crippen molar-refractivity contribution >= 4 is 5.97 Å². The Balaban J connectivity index is 3.00. The van der Waals surface area contributed by atoms with E-state index >= 15 is 0 Å². The van der Waals surface area contributed by atoms with Gasteiger partial charge >= 0.3 is 5.97 Å². The lowest BCUT2D eigenvalue weighted by atomic mass is 9.72. The first-order chi connectivity index (χ1) is 11.6. The summed E-state index contributed by atoms with van der Waals surface area (Å²) in [6.45, 7) is 11.9. The minimum Gasteiger partial charge on any atom is -0.478 e. The van der Waals surface area contributed by atoms with E-state index in [1.54, 1.807) is 13.0 Å². The van der Waals surface area contributed by atoms with E-state index in [2.05, 4.69) is 26.8 Å². The predicted molar refractivity (Wildman–Crippen MR) is 103 cm³/mol. The first-order valence-electron chi connectivity index (χ1n) is 8.96. The topological polar surface area (TPSA) is 37.3 Å². The van der Waals surface area contributed by atoms with E-state index in [4.69, 9.17) is 5.11 Å². The Kier molecular flexibility index (Phi) is 7.60. The lowest BCUT2D eigenvalue weighted by molar-refractivity contribution is -0.132. The highest BCUT2D eigenvalue weighted by Gasteiger charge is 2.26. The van der Waals surface area contributed by atoms with Crippen LogP contribution in [0.15, 0.2) is 58.0 Å². The van der Waals surface area contributed by atoms with Crippen molar-refractivity contribution in [3.63, 3.8) is 0 Å². The van der Waals surface area contributed by atoms with Gasteiger partial charge in [-0.05, 0) is 69.1 Å². The molecule has 1 aliphatic carbocycles. The van der Waals surface area contributed by atoms with Crippen molar-refractivity contribution < 1.29 is 14.3 Å². The van der Waals surface area contributed by atoms with Crippen molar-refractivity contribution in [1.29, 1.82) is 0 Å². The van der Waals surface area contributed by atoms with E-state index < -0.39 is 11.8 Å². The zero-order valence-corrected chi connectivity index (χ0v) is 16.4.